The Morgan fingerprint density at radius 3 is 2.42 bits per heavy atom. The van der Waals surface area contributed by atoms with Gasteiger partial charge in [0.1, 0.15) is 5.82 Å². The average Bonchev–Trinajstić information content (AvgIpc) is 2.36. The van der Waals surface area contributed by atoms with Gasteiger partial charge < -0.3 is 5.32 Å². The lowest BCUT2D eigenvalue weighted by Gasteiger charge is -2.10. The lowest BCUT2D eigenvalue weighted by Crippen LogP contribution is -2.06. The number of nitrogens with one attached hydrogen (secondary N) is 1. The Hall–Kier alpha value is -1.38. The zero-order chi connectivity index (χ0) is 14.0. The van der Waals surface area contributed by atoms with Gasteiger partial charge in [-0.1, -0.05) is 23.7 Å². The second-order valence-corrected chi connectivity index (χ2v) is 5.16. The first-order chi connectivity index (χ1) is 9.02. The normalized spacial score (nSPS) is 10.8. The molecule has 0 amide bonds. The highest BCUT2D eigenvalue weighted by Crippen LogP contribution is 2.31. The van der Waals surface area contributed by atoms with E-state index in [1.54, 1.807) is 19.2 Å². The lowest BCUT2D eigenvalue weighted by atomic mass is 9.99. The molecule has 2 aromatic rings. The van der Waals surface area contributed by atoms with Gasteiger partial charge in [-0.3, -0.25) is 0 Å². The van der Waals surface area contributed by atoms with Crippen LogP contribution in [0.5, 0.6) is 0 Å². The van der Waals surface area contributed by atoms with Crippen molar-refractivity contribution in [3.63, 3.8) is 0 Å². The molecule has 100 valence electrons. The number of rotatable bonds is 3. The van der Waals surface area contributed by atoms with Crippen LogP contribution in [0.4, 0.5) is 4.39 Å². The Morgan fingerprint density at radius 2 is 1.79 bits per heavy atom. The van der Waals surface area contributed by atoms with Crippen molar-refractivity contribution in [2.75, 3.05) is 7.05 Å². The molecule has 0 aromatic heterocycles. The van der Waals surface area contributed by atoms with Gasteiger partial charge >= 0.3 is 0 Å². The third kappa shape index (κ3) is 2.96. The molecule has 2 rings (SSSR count). The third-order valence-electron chi connectivity index (χ3n) is 3.31. The first-order valence-electron chi connectivity index (χ1n) is 6.23. The van der Waals surface area contributed by atoms with Gasteiger partial charge in [-0.15, -0.1) is 0 Å². The van der Waals surface area contributed by atoms with E-state index in [1.165, 1.54) is 0 Å². The summed E-state index contributed by atoms with van der Waals surface area (Å²) in [5.74, 6) is -0.207. The summed E-state index contributed by atoms with van der Waals surface area (Å²) >= 11 is 6.25. The van der Waals surface area contributed by atoms with Crippen molar-refractivity contribution < 1.29 is 4.39 Å². The molecule has 0 radical (unpaired) electrons. The molecule has 0 aliphatic carbocycles. The van der Waals surface area contributed by atoms with Crippen LogP contribution < -0.4 is 5.32 Å². The van der Waals surface area contributed by atoms with E-state index in [-0.39, 0.29) is 5.82 Å². The van der Waals surface area contributed by atoms with E-state index in [9.17, 15) is 4.39 Å². The molecule has 0 bridgehead atoms. The predicted molar refractivity (Wildman–Crippen MR) is 79.1 cm³/mol. The number of aryl methyl sites for hydroxylation is 2. The average molecular weight is 278 g/mol. The van der Waals surface area contributed by atoms with Crippen LogP contribution in [0.15, 0.2) is 30.3 Å². The summed E-state index contributed by atoms with van der Waals surface area (Å²) in [7, 11) is 1.80. The van der Waals surface area contributed by atoms with E-state index in [0.717, 1.165) is 22.3 Å². The second-order valence-electron chi connectivity index (χ2n) is 4.75. The minimum absolute atomic E-state index is 0.207. The van der Waals surface area contributed by atoms with Gasteiger partial charge in [-0.2, -0.15) is 0 Å². The van der Waals surface area contributed by atoms with Gasteiger partial charge in [-0.05, 0) is 55.8 Å². The Morgan fingerprint density at radius 1 is 1.11 bits per heavy atom. The van der Waals surface area contributed by atoms with Crippen molar-refractivity contribution in [2.45, 2.75) is 20.4 Å². The fraction of sp³-hybridized carbons (Fsp3) is 0.250. The van der Waals surface area contributed by atoms with Crippen LogP contribution in [-0.4, -0.2) is 7.05 Å². The molecule has 0 aliphatic heterocycles. The maximum atomic E-state index is 14.0. The summed E-state index contributed by atoms with van der Waals surface area (Å²) in [4.78, 5) is 0. The highest BCUT2D eigenvalue weighted by atomic mass is 35.5. The molecule has 0 saturated carbocycles. The lowest BCUT2D eigenvalue weighted by molar-refractivity contribution is 0.601. The minimum atomic E-state index is -0.207. The van der Waals surface area contributed by atoms with E-state index < -0.39 is 0 Å². The van der Waals surface area contributed by atoms with Crippen molar-refractivity contribution in [2.24, 2.45) is 0 Å². The summed E-state index contributed by atoms with van der Waals surface area (Å²) in [6.07, 6.45) is 0. The molecule has 0 spiro atoms. The van der Waals surface area contributed by atoms with E-state index in [2.05, 4.69) is 5.32 Å². The Bertz CT molecular complexity index is 608. The Labute approximate surface area is 118 Å². The molecule has 1 nitrogen and oxygen atoms in total. The van der Waals surface area contributed by atoms with Gasteiger partial charge in [0, 0.05) is 22.7 Å². The molecule has 0 aliphatic rings. The quantitative estimate of drug-likeness (QED) is 0.872. The van der Waals surface area contributed by atoms with Crippen LogP contribution >= 0.6 is 11.6 Å². The maximum Gasteiger partial charge on any atom is 0.128 e. The highest BCUT2D eigenvalue weighted by molar-refractivity contribution is 6.33. The van der Waals surface area contributed by atoms with Crippen LogP contribution in [0.1, 0.15) is 16.7 Å². The fourth-order valence-corrected chi connectivity index (χ4v) is 2.38. The fourth-order valence-electron chi connectivity index (χ4n) is 2.05. The second kappa shape index (κ2) is 5.72. The van der Waals surface area contributed by atoms with Crippen molar-refractivity contribution >= 4 is 11.6 Å². The molecular weight excluding hydrogens is 261 g/mol. The van der Waals surface area contributed by atoms with Crippen LogP contribution in [0, 0.1) is 19.7 Å². The van der Waals surface area contributed by atoms with Crippen molar-refractivity contribution in [3.05, 3.63) is 57.9 Å². The molecule has 3 heteroatoms. The molecular formula is C16H17ClFN. The number of halogens is 2. The molecule has 2 aromatic carbocycles. The highest BCUT2D eigenvalue weighted by Gasteiger charge is 2.09. The van der Waals surface area contributed by atoms with E-state index in [0.29, 0.717) is 17.1 Å². The minimum Gasteiger partial charge on any atom is -0.316 e. The maximum absolute atomic E-state index is 14.0. The number of benzene rings is 2. The Balaban J connectivity index is 2.48. The molecule has 19 heavy (non-hydrogen) atoms. The zero-order valence-electron chi connectivity index (χ0n) is 11.3. The van der Waals surface area contributed by atoms with Gasteiger partial charge in [0.25, 0.3) is 0 Å². The van der Waals surface area contributed by atoms with Gasteiger partial charge in [-0.25, -0.2) is 4.39 Å². The van der Waals surface area contributed by atoms with Crippen molar-refractivity contribution in [3.8, 4) is 11.1 Å². The standard InChI is InChI=1S/C16H17ClFN/c1-10-6-14(15(17)7-11(10)2)12-4-5-13(9-19-3)16(18)8-12/h4-8,19H,9H2,1-3H3. The molecule has 0 atom stereocenters. The van der Waals surface area contributed by atoms with Crippen LogP contribution in [-0.2, 0) is 6.54 Å². The summed E-state index contributed by atoms with van der Waals surface area (Å²) in [6.45, 7) is 4.56. The first kappa shape index (κ1) is 14.0. The monoisotopic (exact) mass is 277 g/mol. The van der Waals surface area contributed by atoms with Gasteiger partial charge in [0.2, 0.25) is 0 Å². The third-order valence-corrected chi connectivity index (χ3v) is 3.63. The van der Waals surface area contributed by atoms with Crippen LogP contribution in [0.2, 0.25) is 5.02 Å². The molecule has 0 unspecified atom stereocenters. The molecule has 0 fully saturated rings. The van der Waals surface area contributed by atoms with Crippen LogP contribution in [0.3, 0.4) is 0 Å². The van der Waals surface area contributed by atoms with E-state index in [1.807, 2.05) is 32.0 Å². The molecule has 0 saturated heterocycles. The van der Waals surface area contributed by atoms with Gasteiger partial charge in [0.05, 0.1) is 0 Å². The van der Waals surface area contributed by atoms with E-state index in [4.69, 9.17) is 11.6 Å². The smallest absolute Gasteiger partial charge is 0.128 e. The number of hydrogen-bond donors (Lipinski definition) is 1. The van der Waals surface area contributed by atoms with Crippen molar-refractivity contribution in [1.82, 2.24) is 5.32 Å². The first-order valence-corrected chi connectivity index (χ1v) is 6.61. The summed E-state index contributed by atoms with van der Waals surface area (Å²) in [6, 6.07) is 9.18. The van der Waals surface area contributed by atoms with Crippen LogP contribution in [0.25, 0.3) is 11.1 Å². The predicted octanol–water partition coefficient (Wildman–Crippen LogP) is 4.48. The summed E-state index contributed by atoms with van der Waals surface area (Å²) in [5, 5.41) is 3.60. The SMILES string of the molecule is CNCc1ccc(-c2cc(C)c(C)cc2Cl)cc1F. The summed E-state index contributed by atoms with van der Waals surface area (Å²) in [5.41, 5.74) is 4.64. The largest absolute Gasteiger partial charge is 0.316 e. The van der Waals surface area contributed by atoms with E-state index >= 15 is 0 Å². The van der Waals surface area contributed by atoms with Gasteiger partial charge in [0.15, 0.2) is 0 Å². The van der Waals surface area contributed by atoms with Crippen molar-refractivity contribution in [1.29, 1.82) is 0 Å². The number of hydrogen-bond acceptors (Lipinski definition) is 1. The molecule has 0 heterocycles. The molecule has 1 N–H and O–H groups in total. The summed E-state index contributed by atoms with van der Waals surface area (Å²) < 4.78 is 14.0. The topological polar surface area (TPSA) is 12.0 Å². The Kier molecular flexibility index (Phi) is 4.23. The zero-order valence-corrected chi connectivity index (χ0v) is 12.1.